The summed E-state index contributed by atoms with van der Waals surface area (Å²) >= 11 is 1.32. The largest absolute Gasteiger partial charge is 0.495 e. The highest BCUT2D eigenvalue weighted by Gasteiger charge is 2.17. The highest BCUT2D eigenvalue weighted by atomic mass is 32.2. The van der Waals surface area contributed by atoms with Crippen molar-refractivity contribution in [1.29, 1.82) is 0 Å². The van der Waals surface area contributed by atoms with E-state index >= 15 is 0 Å². The van der Waals surface area contributed by atoms with Gasteiger partial charge < -0.3 is 25.4 Å². The fourth-order valence-electron chi connectivity index (χ4n) is 3.93. The number of anilines is 2. The maximum atomic E-state index is 13.5. The second-order valence-corrected chi connectivity index (χ2v) is 9.92. The van der Waals surface area contributed by atoms with Gasteiger partial charge in [-0.1, -0.05) is 54.6 Å². The average molecular weight is 582 g/mol. The molecule has 0 atom stereocenters. The number of hydrogen-bond donors (Lipinski definition) is 3. The Labute approximate surface area is 249 Å². The first kappa shape index (κ1) is 30.0. The average Bonchev–Trinajstić information content (AvgIpc) is 3.01. The van der Waals surface area contributed by atoms with E-state index in [1.54, 1.807) is 79.9 Å². The highest BCUT2D eigenvalue weighted by Crippen LogP contribution is 2.26. The standard InChI is InChI=1S/C33H31N3O5S/c1-3-41-29-18-9-7-14-24(29)20-28(36-32(38)23-12-5-4-6-13-23)33(39)34-25-15-11-16-26(21-25)42-22-31(37)35-27-17-8-10-19-30(27)40-2/h4-21H,3,22H2,1-2H3,(H,34,39)(H,35,37)(H,36,38)/b28-20+. The Hall–Kier alpha value is -5.02. The zero-order valence-corrected chi connectivity index (χ0v) is 24.1. The van der Waals surface area contributed by atoms with Crippen molar-refractivity contribution in [2.45, 2.75) is 11.8 Å². The SMILES string of the molecule is CCOc1ccccc1/C=C(/NC(=O)c1ccccc1)C(=O)Nc1cccc(SCC(=O)Nc2ccccc2OC)c1. The first-order valence-corrected chi connectivity index (χ1v) is 14.2. The first-order valence-electron chi connectivity index (χ1n) is 13.2. The van der Waals surface area contributed by atoms with Gasteiger partial charge in [-0.25, -0.2) is 0 Å². The van der Waals surface area contributed by atoms with Crippen molar-refractivity contribution in [2.24, 2.45) is 0 Å². The third kappa shape index (κ3) is 8.49. The van der Waals surface area contributed by atoms with Crippen molar-refractivity contribution < 1.29 is 23.9 Å². The summed E-state index contributed by atoms with van der Waals surface area (Å²) in [5, 5.41) is 8.45. The molecule has 4 aromatic carbocycles. The number of hydrogen-bond acceptors (Lipinski definition) is 6. The van der Waals surface area contributed by atoms with E-state index in [2.05, 4.69) is 16.0 Å². The van der Waals surface area contributed by atoms with E-state index in [1.807, 2.05) is 43.3 Å². The number of amides is 3. The Morgan fingerprint density at radius 3 is 2.29 bits per heavy atom. The van der Waals surface area contributed by atoms with Crippen LogP contribution in [-0.4, -0.2) is 37.2 Å². The third-order valence-electron chi connectivity index (χ3n) is 5.89. The third-order valence-corrected chi connectivity index (χ3v) is 6.88. The van der Waals surface area contributed by atoms with Gasteiger partial charge in [0.25, 0.3) is 11.8 Å². The number of nitrogens with one attached hydrogen (secondary N) is 3. The van der Waals surface area contributed by atoms with Gasteiger partial charge in [-0.05, 0) is 61.5 Å². The summed E-state index contributed by atoms with van der Waals surface area (Å²) in [6, 6.07) is 30.3. The lowest BCUT2D eigenvalue weighted by Crippen LogP contribution is -2.30. The second-order valence-electron chi connectivity index (χ2n) is 8.87. The van der Waals surface area contributed by atoms with Crippen LogP contribution in [0.25, 0.3) is 6.08 Å². The van der Waals surface area contributed by atoms with E-state index in [1.165, 1.54) is 11.8 Å². The van der Waals surface area contributed by atoms with E-state index in [-0.39, 0.29) is 17.4 Å². The number of carbonyl (C=O) groups excluding carboxylic acids is 3. The molecule has 3 N–H and O–H groups in total. The Kier molecular flexibility index (Phi) is 10.8. The Morgan fingerprint density at radius 2 is 1.52 bits per heavy atom. The molecule has 0 aliphatic carbocycles. The Bertz CT molecular complexity index is 1570. The molecule has 3 amide bonds. The van der Waals surface area contributed by atoms with Crippen LogP contribution in [0.3, 0.4) is 0 Å². The normalized spacial score (nSPS) is 10.9. The van der Waals surface area contributed by atoms with Crippen LogP contribution in [0.2, 0.25) is 0 Å². The van der Waals surface area contributed by atoms with Gasteiger partial charge in [-0.15, -0.1) is 11.8 Å². The van der Waals surface area contributed by atoms with Gasteiger partial charge in [0.05, 0.1) is 25.2 Å². The minimum Gasteiger partial charge on any atom is -0.495 e. The van der Waals surface area contributed by atoms with Crippen LogP contribution in [0.4, 0.5) is 11.4 Å². The van der Waals surface area contributed by atoms with E-state index in [0.29, 0.717) is 40.6 Å². The van der Waals surface area contributed by atoms with Crippen molar-refractivity contribution >= 4 is 46.9 Å². The van der Waals surface area contributed by atoms with E-state index in [0.717, 1.165) is 4.90 Å². The maximum Gasteiger partial charge on any atom is 0.272 e. The van der Waals surface area contributed by atoms with Crippen molar-refractivity contribution in [3.8, 4) is 11.5 Å². The highest BCUT2D eigenvalue weighted by molar-refractivity contribution is 8.00. The molecule has 4 rings (SSSR count). The van der Waals surface area contributed by atoms with Gasteiger partial charge in [0.15, 0.2) is 0 Å². The summed E-state index contributed by atoms with van der Waals surface area (Å²) in [4.78, 5) is 39.8. The fourth-order valence-corrected chi connectivity index (χ4v) is 4.68. The lowest BCUT2D eigenvalue weighted by atomic mass is 10.1. The molecule has 0 bridgehead atoms. The first-order chi connectivity index (χ1) is 20.5. The second kappa shape index (κ2) is 15.1. The maximum absolute atomic E-state index is 13.5. The summed E-state index contributed by atoms with van der Waals surface area (Å²) in [5.74, 6) is 0.192. The van der Waals surface area contributed by atoms with Crippen molar-refractivity contribution in [3.63, 3.8) is 0 Å². The smallest absolute Gasteiger partial charge is 0.272 e. The Balaban J connectivity index is 1.49. The Morgan fingerprint density at radius 1 is 0.810 bits per heavy atom. The van der Waals surface area contributed by atoms with Crippen molar-refractivity contribution in [1.82, 2.24) is 5.32 Å². The molecule has 0 saturated carbocycles. The van der Waals surface area contributed by atoms with Crippen molar-refractivity contribution in [3.05, 3.63) is 120 Å². The number of methoxy groups -OCH3 is 1. The van der Waals surface area contributed by atoms with Gasteiger partial charge in [0.2, 0.25) is 5.91 Å². The van der Waals surface area contributed by atoms with Crippen LogP contribution in [0.15, 0.2) is 114 Å². The van der Waals surface area contributed by atoms with Gasteiger partial charge in [0.1, 0.15) is 17.2 Å². The molecule has 9 heteroatoms. The van der Waals surface area contributed by atoms with Crippen molar-refractivity contribution in [2.75, 3.05) is 30.1 Å². The van der Waals surface area contributed by atoms with Crippen LogP contribution in [0.1, 0.15) is 22.8 Å². The van der Waals surface area contributed by atoms with Crippen LogP contribution >= 0.6 is 11.8 Å². The lowest BCUT2D eigenvalue weighted by molar-refractivity contribution is -0.114. The molecule has 0 spiro atoms. The molecule has 0 heterocycles. The number of ether oxygens (including phenoxy) is 2. The number of benzene rings is 4. The van der Waals surface area contributed by atoms with Crippen LogP contribution in [0.5, 0.6) is 11.5 Å². The summed E-state index contributed by atoms with van der Waals surface area (Å²) in [7, 11) is 1.55. The van der Waals surface area contributed by atoms with Gasteiger partial charge in [0, 0.05) is 21.7 Å². The zero-order valence-electron chi connectivity index (χ0n) is 23.3. The number of rotatable bonds is 12. The van der Waals surface area contributed by atoms with E-state index < -0.39 is 11.8 Å². The molecule has 4 aromatic rings. The predicted molar refractivity (Wildman–Crippen MR) is 167 cm³/mol. The molecular formula is C33H31N3O5S. The predicted octanol–water partition coefficient (Wildman–Crippen LogP) is 6.23. The monoisotopic (exact) mass is 581 g/mol. The van der Waals surface area contributed by atoms with Gasteiger partial charge >= 0.3 is 0 Å². The number of para-hydroxylation sites is 3. The summed E-state index contributed by atoms with van der Waals surface area (Å²) in [6.45, 7) is 2.32. The minimum absolute atomic E-state index is 0.0465. The molecule has 8 nitrogen and oxygen atoms in total. The van der Waals surface area contributed by atoms with E-state index in [4.69, 9.17) is 9.47 Å². The minimum atomic E-state index is -0.512. The number of carbonyl (C=O) groups is 3. The van der Waals surface area contributed by atoms with Gasteiger partial charge in [-0.2, -0.15) is 0 Å². The molecule has 0 aliphatic heterocycles. The summed E-state index contributed by atoms with van der Waals surface area (Å²) in [5.41, 5.74) is 2.20. The van der Waals surface area contributed by atoms with Crippen LogP contribution in [-0.2, 0) is 9.59 Å². The molecule has 0 saturated heterocycles. The molecule has 0 unspecified atom stereocenters. The molecule has 0 radical (unpaired) electrons. The quantitative estimate of drug-likeness (QED) is 0.135. The summed E-state index contributed by atoms with van der Waals surface area (Å²) in [6.07, 6.45) is 1.59. The van der Waals surface area contributed by atoms with Gasteiger partial charge in [-0.3, -0.25) is 14.4 Å². The topological polar surface area (TPSA) is 106 Å². The fraction of sp³-hybridized carbons (Fsp3) is 0.121. The van der Waals surface area contributed by atoms with Crippen LogP contribution in [0, 0.1) is 0 Å². The molecule has 214 valence electrons. The molecule has 0 aromatic heterocycles. The summed E-state index contributed by atoms with van der Waals surface area (Å²) < 4.78 is 11.0. The molecule has 0 aliphatic rings. The van der Waals surface area contributed by atoms with E-state index in [9.17, 15) is 14.4 Å². The molecular weight excluding hydrogens is 550 g/mol. The lowest BCUT2D eigenvalue weighted by Gasteiger charge is -2.13. The number of thioether (sulfide) groups is 1. The molecule has 42 heavy (non-hydrogen) atoms. The molecule has 0 fully saturated rings. The zero-order chi connectivity index (χ0) is 29.7. The van der Waals surface area contributed by atoms with Crippen LogP contribution < -0.4 is 25.4 Å².